The molecule has 2 rings (SSSR count). The fourth-order valence-corrected chi connectivity index (χ4v) is 1.50. The minimum atomic E-state index is 0.922. The second-order valence-corrected chi connectivity index (χ2v) is 3.59. The molecule has 0 radical (unpaired) electrons. The molecule has 0 saturated carbocycles. The standard InChI is InChI=1S/C13H14N2/c1-10-2-4-11(5-3-10)12-6-8-13(15-14)9-7-12/h2-9,15H,14H2,1H3. The van der Waals surface area contributed by atoms with E-state index in [-0.39, 0.29) is 0 Å². The van der Waals surface area contributed by atoms with Crippen LogP contribution in [-0.4, -0.2) is 0 Å². The second-order valence-electron chi connectivity index (χ2n) is 3.59. The molecule has 0 atom stereocenters. The van der Waals surface area contributed by atoms with Crippen LogP contribution in [0.1, 0.15) is 5.56 Å². The lowest BCUT2D eigenvalue weighted by molar-refractivity contribution is 1.35. The van der Waals surface area contributed by atoms with Crippen molar-refractivity contribution in [2.45, 2.75) is 6.92 Å². The molecule has 0 heterocycles. The summed E-state index contributed by atoms with van der Waals surface area (Å²) >= 11 is 0. The highest BCUT2D eigenvalue weighted by atomic mass is 15.2. The van der Waals surface area contributed by atoms with E-state index in [1.165, 1.54) is 16.7 Å². The fraction of sp³-hybridized carbons (Fsp3) is 0.0769. The summed E-state index contributed by atoms with van der Waals surface area (Å²) in [6.07, 6.45) is 0. The number of anilines is 1. The number of hydrogen-bond acceptors (Lipinski definition) is 2. The minimum absolute atomic E-state index is 0.922. The zero-order valence-electron chi connectivity index (χ0n) is 8.70. The molecule has 2 aromatic rings. The van der Waals surface area contributed by atoms with Gasteiger partial charge in [0.05, 0.1) is 0 Å². The van der Waals surface area contributed by atoms with Crippen LogP contribution in [0.4, 0.5) is 5.69 Å². The van der Waals surface area contributed by atoms with Gasteiger partial charge in [0.15, 0.2) is 0 Å². The molecular weight excluding hydrogens is 184 g/mol. The number of hydrogen-bond donors (Lipinski definition) is 2. The van der Waals surface area contributed by atoms with Crippen LogP contribution in [0.15, 0.2) is 48.5 Å². The molecule has 0 amide bonds. The van der Waals surface area contributed by atoms with Gasteiger partial charge in [0.25, 0.3) is 0 Å². The Bertz CT molecular complexity index is 429. The van der Waals surface area contributed by atoms with Crippen molar-refractivity contribution in [3.63, 3.8) is 0 Å². The molecule has 15 heavy (non-hydrogen) atoms. The summed E-state index contributed by atoms with van der Waals surface area (Å²) < 4.78 is 0. The third-order valence-corrected chi connectivity index (χ3v) is 2.44. The van der Waals surface area contributed by atoms with Crippen LogP contribution in [0.25, 0.3) is 11.1 Å². The number of benzene rings is 2. The second kappa shape index (κ2) is 4.15. The van der Waals surface area contributed by atoms with Crippen molar-refractivity contribution in [2.24, 2.45) is 5.84 Å². The van der Waals surface area contributed by atoms with Gasteiger partial charge in [0.1, 0.15) is 0 Å². The Kier molecular flexibility index (Phi) is 2.70. The van der Waals surface area contributed by atoms with Gasteiger partial charge in [-0.05, 0) is 30.2 Å². The summed E-state index contributed by atoms with van der Waals surface area (Å²) in [5.41, 5.74) is 7.24. The molecule has 0 aliphatic heterocycles. The largest absolute Gasteiger partial charge is 0.324 e. The van der Waals surface area contributed by atoms with Gasteiger partial charge in [0.2, 0.25) is 0 Å². The Labute approximate surface area is 89.7 Å². The van der Waals surface area contributed by atoms with Gasteiger partial charge in [-0.15, -0.1) is 0 Å². The molecule has 2 heteroatoms. The summed E-state index contributed by atoms with van der Waals surface area (Å²) in [7, 11) is 0. The maximum absolute atomic E-state index is 5.31. The van der Waals surface area contributed by atoms with Crippen LogP contribution in [0.2, 0.25) is 0 Å². The van der Waals surface area contributed by atoms with Crippen molar-refractivity contribution in [3.05, 3.63) is 54.1 Å². The molecule has 2 nitrogen and oxygen atoms in total. The van der Waals surface area contributed by atoms with Crippen molar-refractivity contribution >= 4 is 5.69 Å². The van der Waals surface area contributed by atoms with Crippen LogP contribution in [0.5, 0.6) is 0 Å². The van der Waals surface area contributed by atoms with Crippen LogP contribution < -0.4 is 11.3 Å². The van der Waals surface area contributed by atoms with E-state index >= 15 is 0 Å². The summed E-state index contributed by atoms with van der Waals surface area (Å²) in [5, 5.41) is 0. The molecule has 0 aliphatic rings. The summed E-state index contributed by atoms with van der Waals surface area (Å²) in [6.45, 7) is 2.09. The van der Waals surface area contributed by atoms with Gasteiger partial charge in [-0.2, -0.15) is 0 Å². The third kappa shape index (κ3) is 2.17. The number of nitrogens with two attached hydrogens (primary N) is 1. The summed E-state index contributed by atoms with van der Waals surface area (Å²) in [6, 6.07) is 16.5. The molecule has 3 N–H and O–H groups in total. The topological polar surface area (TPSA) is 38.0 Å². The van der Waals surface area contributed by atoms with Gasteiger partial charge >= 0.3 is 0 Å². The Morgan fingerprint density at radius 1 is 0.800 bits per heavy atom. The third-order valence-electron chi connectivity index (χ3n) is 2.44. The highest BCUT2D eigenvalue weighted by molar-refractivity contribution is 5.66. The molecule has 0 bridgehead atoms. The number of hydrazine groups is 1. The quantitative estimate of drug-likeness (QED) is 0.575. The Balaban J connectivity index is 2.33. The van der Waals surface area contributed by atoms with E-state index in [2.05, 4.69) is 48.7 Å². The summed E-state index contributed by atoms with van der Waals surface area (Å²) in [4.78, 5) is 0. The lowest BCUT2D eigenvalue weighted by Gasteiger charge is -2.04. The van der Waals surface area contributed by atoms with Gasteiger partial charge in [0, 0.05) is 5.69 Å². The van der Waals surface area contributed by atoms with Crippen molar-refractivity contribution in [2.75, 3.05) is 5.43 Å². The average Bonchev–Trinajstić information content (AvgIpc) is 2.30. The van der Waals surface area contributed by atoms with E-state index in [1.54, 1.807) is 0 Å². The Hall–Kier alpha value is -1.80. The van der Waals surface area contributed by atoms with Crippen LogP contribution in [-0.2, 0) is 0 Å². The highest BCUT2D eigenvalue weighted by Crippen LogP contribution is 2.21. The molecule has 0 aromatic heterocycles. The Morgan fingerprint density at radius 2 is 1.27 bits per heavy atom. The maximum Gasteiger partial charge on any atom is 0.0485 e. The number of rotatable bonds is 2. The van der Waals surface area contributed by atoms with Crippen LogP contribution in [0, 0.1) is 6.92 Å². The number of aryl methyl sites for hydroxylation is 1. The SMILES string of the molecule is Cc1ccc(-c2ccc(NN)cc2)cc1. The van der Waals surface area contributed by atoms with Crippen molar-refractivity contribution < 1.29 is 0 Å². The maximum atomic E-state index is 5.31. The van der Waals surface area contributed by atoms with E-state index in [1.807, 2.05) is 12.1 Å². The number of nitrogen functional groups attached to an aromatic ring is 1. The average molecular weight is 198 g/mol. The van der Waals surface area contributed by atoms with Crippen molar-refractivity contribution in [3.8, 4) is 11.1 Å². The normalized spacial score (nSPS) is 10.0. The zero-order chi connectivity index (χ0) is 10.7. The smallest absolute Gasteiger partial charge is 0.0485 e. The highest BCUT2D eigenvalue weighted by Gasteiger charge is 1.96. The summed E-state index contributed by atoms with van der Waals surface area (Å²) in [5.74, 6) is 5.31. The molecule has 0 unspecified atom stereocenters. The molecule has 0 spiro atoms. The van der Waals surface area contributed by atoms with Crippen molar-refractivity contribution in [1.82, 2.24) is 0 Å². The Morgan fingerprint density at radius 3 is 1.73 bits per heavy atom. The van der Waals surface area contributed by atoms with Gasteiger partial charge < -0.3 is 5.43 Å². The van der Waals surface area contributed by atoms with Crippen LogP contribution in [0.3, 0.4) is 0 Å². The fourth-order valence-electron chi connectivity index (χ4n) is 1.50. The first-order valence-corrected chi connectivity index (χ1v) is 4.93. The number of nitrogens with one attached hydrogen (secondary N) is 1. The van der Waals surface area contributed by atoms with E-state index < -0.39 is 0 Å². The van der Waals surface area contributed by atoms with Gasteiger partial charge in [-0.1, -0.05) is 42.0 Å². The van der Waals surface area contributed by atoms with Gasteiger partial charge in [-0.3, -0.25) is 5.84 Å². The van der Waals surface area contributed by atoms with E-state index in [9.17, 15) is 0 Å². The first kappa shape index (κ1) is 9.74. The lowest BCUT2D eigenvalue weighted by atomic mass is 10.0. The van der Waals surface area contributed by atoms with E-state index in [0.717, 1.165) is 5.69 Å². The minimum Gasteiger partial charge on any atom is -0.324 e. The van der Waals surface area contributed by atoms with Gasteiger partial charge in [-0.25, -0.2) is 0 Å². The molecule has 0 fully saturated rings. The first-order valence-electron chi connectivity index (χ1n) is 4.93. The van der Waals surface area contributed by atoms with Crippen LogP contribution >= 0.6 is 0 Å². The molecular formula is C13H14N2. The van der Waals surface area contributed by atoms with Crippen molar-refractivity contribution in [1.29, 1.82) is 0 Å². The molecule has 0 aliphatic carbocycles. The lowest BCUT2D eigenvalue weighted by Crippen LogP contribution is -2.05. The molecule has 76 valence electrons. The zero-order valence-corrected chi connectivity index (χ0v) is 8.70. The monoisotopic (exact) mass is 198 g/mol. The van der Waals surface area contributed by atoms with E-state index in [0.29, 0.717) is 0 Å². The molecule has 2 aromatic carbocycles. The van der Waals surface area contributed by atoms with E-state index in [4.69, 9.17) is 5.84 Å². The predicted molar refractivity (Wildman–Crippen MR) is 64.4 cm³/mol. The molecule has 0 saturated heterocycles. The predicted octanol–water partition coefficient (Wildman–Crippen LogP) is 2.95. The first-order chi connectivity index (χ1) is 7.29.